The molecule has 7 heteroatoms. The maximum Gasteiger partial charge on any atom is 0.406 e. The van der Waals surface area contributed by atoms with E-state index in [2.05, 4.69) is 11.9 Å². The van der Waals surface area contributed by atoms with Crippen LogP contribution in [0.2, 0.25) is 0 Å². The summed E-state index contributed by atoms with van der Waals surface area (Å²) < 4.78 is 37.2. The Bertz CT molecular complexity index is 592. The number of carbonyl (C=O) groups is 2. The highest BCUT2D eigenvalue weighted by Crippen LogP contribution is 2.17. The van der Waals surface area contributed by atoms with Crippen molar-refractivity contribution in [3.8, 4) is 0 Å². The molecule has 0 atom stereocenters. The molecular formula is C16H17F3N2O2. The van der Waals surface area contributed by atoms with E-state index in [4.69, 9.17) is 0 Å². The number of carbonyl (C=O) groups excluding carboxylic acids is 2. The highest BCUT2D eigenvalue weighted by atomic mass is 19.4. The van der Waals surface area contributed by atoms with Crippen LogP contribution in [-0.4, -0.2) is 36.0 Å². The zero-order valence-corrected chi connectivity index (χ0v) is 12.6. The summed E-state index contributed by atoms with van der Waals surface area (Å²) in [4.78, 5) is 23.4. The van der Waals surface area contributed by atoms with E-state index in [1.54, 1.807) is 24.3 Å². The standard InChI is InChI=1S/C16H17F3N2O2/c1-3-10-21(11-16(17,18)19)15(23)9-6-13-4-7-14(8-5-13)20-12(2)22/h3-9H,1,10-11H2,2H3,(H,20,22)/b9-6-. The summed E-state index contributed by atoms with van der Waals surface area (Å²) in [5, 5.41) is 2.58. The number of benzene rings is 1. The molecule has 0 aliphatic rings. The maximum atomic E-state index is 12.4. The molecule has 4 nitrogen and oxygen atoms in total. The third kappa shape index (κ3) is 7.30. The second-order valence-corrected chi connectivity index (χ2v) is 4.76. The van der Waals surface area contributed by atoms with E-state index in [-0.39, 0.29) is 12.5 Å². The van der Waals surface area contributed by atoms with E-state index in [9.17, 15) is 22.8 Å². The predicted octanol–water partition coefficient (Wildman–Crippen LogP) is 3.24. The van der Waals surface area contributed by atoms with Crippen LogP contribution in [0.3, 0.4) is 0 Å². The van der Waals surface area contributed by atoms with Crippen LogP contribution in [0, 0.1) is 0 Å². The average molecular weight is 326 g/mol. The van der Waals surface area contributed by atoms with Gasteiger partial charge in [-0.25, -0.2) is 0 Å². The molecular weight excluding hydrogens is 309 g/mol. The first-order chi connectivity index (χ1) is 10.7. The molecule has 1 N–H and O–H groups in total. The van der Waals surface area contributed by atoms with Crippen molar-refractivity contribution in [3.63, 3.8) is 0 Å². The van der Waals surface area contributed by atoms with E-state index >= 15 is 0 Å². The van der Waals surface area contributed by atoms with Crippen LogP contribution in [0.4, 0.5) is 18.9 Å². The van der Waals surface area contributed by atoms with Gasteiger partial charge < -0.3 is 10.2 Å². The lowest BCUT2D eigenvalue weighted by molar-refractivity contribution is -0.157. The molecule has 1 aromatic rings. The third-order valence-corrected chi connectivity index (χ3v) is 2.68. The lowest BCUT2D eigenvalue weighted by atomic mass is 10.2. The minimum Gasteiger partial charge on any atom is -0.326 e. The number of anilines is 1. The van der Waals surface area contributed by atoms with Crippen molar-refractivity contribution >= 4 is 23.6 Å². The molecule has 0 radical (unpaired) electrons. The normalized spacial score (nSPS) is 11.3. The minimum absolute atomic E-state index is 0.190. The van der Waals surface area contributed by atoms with Crippen LogP contribution in [0.15, 0.2) is 43.0 Å². The fourth-order valence-corrected chi connectivity index (χ4v) is 1.76. The molecule has 0 spiro atoms. The number of nitrogens with one attached hydrogen (secondary N) is 1. The molecule has 0 fully saturated rings. The molecule has 0 aromatic heterocycles. The largest absolute Gasteiger partial charge is 0.406 e. The first kappa shape index (κ1) is 18.5. The van der Waals surface area contributed by atoms with Gasteiger partial charge in [0.25, 0.3) is 0 Å². The van der Waals surface area contributed by atoms with Gasteiger partial charge in [0.05, 0.1) is 0 Å². The van der Waals surface area contributed by atoms with Crippen molar-refractivity contribution in [2.24, 2.45) is 0 Å². The van der Waals surface area contributed by atoms with Crippen LogP contribution < -0.4 is 5.32 Å². The van der Waals surface area contributed by atoms with Gasteiger partial charge in [-0.2, -0.15) is 13.2 Å². The van der Waals surface area contributed by atoms with Crippen molar-refractivity contribution < 1.29 is 22.8 Å². The molecule has 0 aliphatic heterocycles. The van der Waals surface area contributed by atoms with Gasteiger partial charge in [-0.05, 0) is 23.8 Å². The second-order valence-electron chi connectivity index (χ2n) is 4.76. The molecule has 124 valence electrons. The molecule has 1 rings (SSSR count). The van der Waals surface area contributed by atoms with E-state index < -0.39 is 18.6 Å². The van der Waals surface area contributed by atoms with Gasteiger partial charge in [0, 0.05) is 25.2 Å². The number of nitrogens with zero attached hydrogens (tertiary/aromatic N) is 1. The molecule has 0 saturated carbocycles. The molecule has 0 unspecified atom stereocenters. The Labute approximate surface area is 132 Å². The Hall–Kier alpha value is -2.57. The first-order valence-electron chi connectivity index (χ1n) is 6.73. The summed E-state index contributed by atoms with van der Waals surface area (Å²) in [5.41, 5.74) is 1.21. The van der Waals surface area contributed by atoms with Gasteiger partial charge in [0.15, 0.2) is 0 Å². The number of amides is 2. The van der Waals surface area contributed by atoms with Crippen LogP contribution in [-0.2, 0) is 9.59 Å². The Morgan fingerprint density at radius 3 is 2.35 bits per heavy atom. The van der Waals surface area contributed by atoms with E-state index in [1.165, 1.54) is 19.1 Å². The number of halogens is 3. The smallest absolute Gasteiger partial charge is 0.326 e. The lowest BCUT2D eigenvalue weighted by Gasteiger charge is -2.20. The Kier molecular flexibility index (Phi) is 6.56. The SMILES string of the molecule is C=CCN(CC(F)(F)F)C(=O)/C=C\c1ccc(NC(C)=O)cc1. The topological polar surface area (TPSA) is 49.4 Å². The summed E-state index contributed by atoms with van der Waals surface area (Å²) in [5.74, 6) is -0.969. The quantitative estimate of drug-likeness (QED) is 0.644. The van der Waals surface area contributed by atoms with E-state index in [0.717, 1.165) is 6.08 Å². The molecule has 2 amide bonds. The van der Waals surface area contributed by atoms with Gasteiger partial charge >= 0.3 is 6.18 Å². The van der Waals surface area contributed by atoms with Gasteiger partial charge in [-0.15, -0.1) is 6.58 Å². The van der Waals surface area contributed by atoms with Crippen molar-refractivity contribution in [1.82, 2.24) is 4.90 Å². The average Bonchev–Trinajstić information content (AvgIpc) is 2.44. The Balaban J connectivity index is 2.75. The Morgan fingerprint density at radius 1 is 1.26 bits per heavy atom. The lowest BCUT2D eigenvalue weighted by Crippen LogP contribution is -2.38. The number of hydrogen-bond acceptors (Lipinski definition) is 2. The summed E-state index contributed by atoms with van der Waals surface area (Å²) in [7, 11) is 0. The monoisotopic (exact) mass is 326 g/mol. The van der Waals surface area contributed by atoms with Crippen LogP contribution in [0.25, 0.3) is 6.08 Å². The van der Waals surface area contributed by atoms with Crippen LogP contribution in [0.5, 0.6) is 0 Å². The number of hydrogen-bond donors (Lipinski definition) is 1. The summed E-state index contributed by atoms with van der Waals surface area (Å²) in [6.07, 6.45) is -0.749. The van der Waals surface area contributed by atoms with Gasteiger partial charge in [-0.1, -0.05) is 18.2 Å². The summed E-state index contributed by atoms with van der Waals surface area (Å²) in [6, 6.07) is 6.53. The molecule has 0 heterocycles. The second kappa shape index (κ2) is 8.17. The fourth-order valence-electron chi connectivity index (χ4n) is 1.76. The minimum atomic E-state index is -4.47. The summed E-state index contributed by atoms with van der Waals surface area (Å²) >= 11 is 0. The highest BCUT2D eigenvalue weighted by molar-refractivity contribution is 5.92. The van der Waals surface area contributed by atoms with Gasteiger partial charge in [0.2, 0.25) is 11.8 Å². The third-order valence-electron chi connectivity index (χ3n) is 2.68. The van der Waals surface area contributed by atoms with Gasteiger partial charge in [0.1, 0.15) is 6.54 Å². The number of rotatable bonds is 6. The van der Waals surface area contributed by atoms with Crippen molar-refractivity contribution in [3.05, 3.63) is 48.6 Å². The Morgan fingerprint density at radius 2 is 1.87 bits per heavy atom. The zero-order chi connectivity index (χ0) is 17.5. The highest BCUT2D eigenvalue weighted by Gasteiger charge is 2.31. The van der Waals surface area contributed by atoms with E-state index in [1.807, 2.05) is 0 Å². The molecule has 0 bridgehead atoms. The molecule has 0 saturated heterocycles. The van der Waals surface area contributed by atoms with Crippen molar-refractivity contribution in [2.45, 2.75) is 13.1 Å². The summed E-state index contributed by atoms with van der Waals surface area (Å²) in [6.45, 7) is 3.20. The predicted molar refractivity (Wildman–Crippen MR) is 82.6 cm³/mol. The van der Waals surface area contributed by atoms with Crippen LogP contribution in [0.1, 0.15) is 12.5 Å². The van der Waals surface area contributed by atoms with E-state index in [0.29, 0.717) is 16.2 Å². The maximum absolute atomic E-state index is 12.4. The van der Waals surface area contributed by atoms with Crippen molar-refractivity contribution in [1.29, 1.82) is 0 Å². The van der Waals surface area contributed by atoms with Crippen molar-refractivity contribution in [2.75, 3.05) is 18.4 Å². The zero-order valence-electron chi connectivity index (χ0n) is 12.6. The molecule has 23 heavy (non-hydrogen) atoms. The molecule has 1 aromatic carbocycles. The van der Waals surface area contributed by atoms with Gasteiger partial charge in [-0.3, -0.25) is 9.59 Å². The number of alkyl halides is 3. The first-order valence-corrected chi connectivity index (χ1v) is 6.73. The molecule has 0 aliphatic carbocycles. The fraction of sp³-hybridized carbons (Fsp3) is 0.250. The van der Waals surface area contributed by atoms with Crippen LogP contribution >= 0.6 is 0 Å².